The van der Waals surface area contributed by atoms with Crippen molar-refractivity contribution < 1.29 is 18.3 Å². The van der Waals surface area contributed by atoms with Crippen LogP contribution < -0.4 is 0 Å². The van der Waals surface area contributed by atoms with Crippen LogP contribution in [0, 0.1) is 0 Å². The Labute approximate surface area is 128 Å². The quantitative estimate of drug-likeness (QED) is 0.868. The van der Waals surface area contributed by atoms with E-state index in [1.165, 1.54) is 40.4 Å². The van der Waals surface area contributed by atoms with Gasteiger partial charge in [-0.15, -0.1) is 0 Å². The number of aryl methyl sites for hydroxylation is 1. The van der Waals surface area contributed by atoms with Gasteiger partial charge < -0.3 is 5.11 Å². The van der Waals surface area contributed by atoms with Crippen molar-refractivity contribution in [2.24, 2.45) is 0 Å². The highest BCUT2D eigenvalue weighted by Gasteiger charge is 2.24. The summed E-state index contributed by atoms with van der Waals surface area (Å²) in [6.07, 6.45) is 1.45. The van der Waals surface area contributed by atoms with Gasteiger partial charge in [0.1, 0.15) is 0 Å². The lowest BCUT2D eigenvalue weighted by Gasteiger charge is -2.17. The topological polar surface area (TPSA) is 92.5 Å². The molecule has 0 saturated heterocycles. The van der Waals surface area contributed by atoms with Crippen LogP contribution in [0.15, 0.2) is 41.6 Å². The van der Waals surface area contributed by atoms with Crippen molar-refractivity contribution in [3.05, 3.63) is 47.7 Å². The maximum Gasteiger partial charge on any atom is 0.335 e. The Morgan fingerprint density at radius 1 is 1.27 bits per heavy atom. The number of hydrogen-bond donors (Lipinski definition) is 1. The largest absolute Gasteiger partial charge is 0.478 e. The minimum absolute atomic E-state index is 0.139. The van der Waals surface area contributed by atoms with Gasteiger partial charge in [0.05, 0.1) is 11.8 Å². The number of aromatic carboxylic acids is 1. The fourth-order valence-corrected chi connectivity index (χ4v) is 3.35. The first-order chi connectivity index (χ1) is 10.4. The first kappa shape index (κ1) is 16.2. The molecule has 0 bridgehead atoms. The fourth-order valence-electron chi connectivity index (χ4n) is 2.03. The van der Waals surface area contributed by atoms with Crippen LogP contribution in [-0.2, 0) is 23.1 Å². The summed E-state index contributed by atoms with van der Waals surface area (Å²) in [5, 5.41) is 13.0. The molecule has 1 aromatic carbocycles. The molecule has 0 spiro atoms. The molecule has 7 nitrogen and oxygen atoms in total. The van der Waals surface area contributed by atoms with Gasteiger partial charge in [-0.2, -0.15) is 9.40 Å². The maximum absolute atomic E-state index is 12.5. The van der Waals surface area contributed by atoms with E-state index in [1.807, 2.05) is 6.92 Å². The summed E-state index contributed by atoms with van der Waals surface area (Å²) in [7, 11) is -2.17. The summed E-state index contributed by atoms with van der Waals surface area (Å²) in [6, 6.07) is 7.57. The maximum atomic E-state index is 12.5. The fraction of sp³-hybridized carbons (Fsp3) is 0.286. The van der Waals surface area contributed by atoms with Gasteiger partial charge in [-0.05, 0) is 30.7 Å². The molecule has 0 aliphatic carbocycles. The number of rotatable bonds is 6. The van der Waals surface area contributed by atoms with Crippen LogP contribution in [0.3, 0.4) is 0 Å². The van der Waals surface area contributed by atoms with Crippen molar-refractivity contribution in [1.29, 1.82) is 0 Å². The molecular weight excluding hydrogens is 306 g/mol. The third kappa shape index (κ3) is 3.18. The highest BCUT2D eigenvalue weighted by Crippen LogP contribution is 2.16. The molecule has 0 unspecified atom stereocenters. The zero-order valence-corrected chi connectivity index (χ0v) is 13.1. The number of aromatic nitrogens is 2. The van der Waals surface area contributed by atoms with Crippen LogP contribution in [0.25, 0.3) is 0 Å². The van der Waals surface area contributed by atoms with E-state index in [9.17, 15) is 13.2 Å². The lowest BCUT2D eigenvalue weighted by atomic mass is 10.1. The summed E-state index contributed by atoms with van der Waals surface area (Å²) < 4.78 is 27.7. The van der Waals surface area contributed by atoms with E-state index >= 15 is 0 Å². The Kier molecular flexibility index (Phi) is 4.62. The van der Waals surface area contributed by atoms with E-state index in [0.717, 1.165) is 0 Å². The highest BCUT2D eigenvalue weighted by molar-refractivity contribution is 7.89. The van der Waals surface area contributed by atoms with E-state index in [2.05, 4.69) is 5.10 Å². The molecule has 8 heteroatoms. The number of carbonyl (C=O) groups is 1. The molecule has 2 rings (SSSR count). The van der Waals surface area contributed by atoms with E-state index in [-0.39, 0.29) is 17.1 Å². The molecule has 1 aromatic heterocycles. The lowest BCUT2D eigenvalue weighted by Crippen LogP contribution is -2.28. The number of sulfonamides is 1. The van der Waals surface area contributed by atoms with E-state index in [1.54, 1.807) is 12.1 Å². The van der Waals surface area contributed by atoms with Crippen molar-refractivity contribution in [2.45, 2.75) is 25.0 Å². The second-order valence-electron chi connectivity index (χ2n) is 4.75. The van der Waals surface area contributed by atoms with E-state index in [0.29, 0.717) is 12.1 Å². The van der Waals surface area contributed by atoms with Crippen molar-refractivity contribution in [3.8, 4) is 0 Å². The molecule has 118 valence electrons. The molecule has 0 fully saturated rings. The van der Waals surface area contributed by atoms with Gasteiger partial charge in [-0.25, -0.2) is 13.2 Å². The first-order valence-electron chi connectivity index (χ1n) is 6.66. The standard InChI is InChI=1S/C14H17N3O4S/c1-3-17-13(8-9-15-17)22(20,21)16(2)10-11-4-6-12(7-5-11)14(18)19/h4-9H,3,10H2,1-2H3,(H,18,19). The molecule has 0 aliphatic heterocycles. The van der Waals surface area contributed by atoms with Gasteiger partial charge in [0, 0.05) is 20.1 Å². The average Bonchev–Trinajstić information content (AvgIpc) is 2.97. The predicted octanol–water partition coefficient (Wildman–Crippen LogP) is 1.42. The smallest absolute Gasteiger partial charge is 0.335 e. The summed E-state index contributed by atoms with van der Waals surface area (Å²) >= 11 is 0. The van der Waals surface area contributed by atoms with Crippen LogP contribution in [0.5, 0.6) is 0 Å². The second-order valence-corrected chi connectivity index (χ2v) is 6.74. The number of nitrogens with zero attached hydrogens (tertiary/aromatic N) is 3. The van der Waals surface area contributed by atoms with Gasteiger partial charge in [0.25, 0.3) is 10.0 Å². The third-order valence-corrected chi connectivity index (χ3v) is 5.08. The van der Waals surface area contributed by atoms with Crippen LogP contribution in [0.1, 0.15) is 22.8 Å². The van der Waals surface area contributed by atoms with Gasteiger partial charge in [0.2, 0.25) is 0 Å². The van der Waals surface area contributed by atoms with Crippen molar-refractivity contribution in [3.63, 3.8) is 0 Å². The van der Waals surface area contributed by atoms with E-state index in [4.69, 9.17) is 5.11 Å². The van der Waals surface area contributed by atoms with Crippen LogP contribution in [0.4, 0.5) is 0 Å². The summed E-state index contributed by atoms with van der Waals surface area (Å²) in [5.41, 5.74) is 0.872. The SMILES string of the molecule is CCn1nccc1S(=O)(=O)N(C)Cc1ccc(C(=O)O)cc1. The molecule has 0 radical (unpaired) electrons. The zero-order chi connectivity index (χ0) is 16.3. The molecule has 1 heterocycles. The molecule has 0 amide bonds. The van der Waals surface area contributed by atoms with Crippen LogP contribution in [-0.4, -0.2) is 40.6 Å². The van der Waals surface area contributed by atoms with Crippen LogP contribution >= 0.6 is 0 Å². The van der Waals surface area contributed by atoms with Gasteiger partial charge in [0.15, 0.2) is 5.03 Å². The monoisotopic (exact) mass is 323 g/mol. The Bertz CT molecular complexity index is 766. The summed E-state index contributed by atoms with van der Waals surface area (Å²) in [6.45, 7) is 2.43. The Morgan fingerprint density at radius 2 is 1.91 bits per heavy atom. The normalized spacial score (nSPS) is 11.8. The molecular formula is C14H17N3O4S. The van der Waals surface area contributed by atoms with Gasteiger partial charge in [-0.1, -0.05) is 12.1 Å². The third-order valence-electron chi connectivity index (χ3n) is 3.26. The minimum Gasteiger partial charge on any atom is -0.478 e. The molecule has 0 saturated carbocycles. The first-order valence-corrected chi connectivity index (χ1v) is 8.10. The lowest BCUT2D eigenvalue weighted by molar-refractivity contribution is 0.0697. The van der Waals surface area contributed by atoms with Gasteiger partial charge in [-0.3, -0.25) is 4.68 Å². The summed E-state index contributed by atoms with van der Waals surface area (Å²) in [5.74, 6) is -1.01. The second kappa shape index (κ2) is 6.29. The van der Waals surface area contributed by atoms with Crippen molar-refractivity contribution >= 4 is 16.0 Å². The Balaban J connectivity index is 2.21. The van der Waals surface area contributed by atoms with Gasteiger partial charge >= 0.3 is 5.97 Å². The average molecular weight is 323 g/mol. The van der Waals surface area contributed by atoms with Crippen molar-refractivity contribution in [1.82, 2.24) is 14.1 Å². The predicted molar refractivity (Wildman–Crippen MR) is 80.0 cm³/mol. The van der Waals surface area contributed by atoms with Crippen LogP contribution in [0.2, 0.25) is 0 Å². The Hall–Kier alpha value is -2.19. The Morgan fingerprint density at radius 3 is 2.45 bits per heavy atom. The minimum atomic E-state index is -3.65. The number of benzene rings is 1. The molecule has 1 N–H and O–H groups in total. The number of hydrogen-bond acceptors (Lipinski definition) is 4. The summed E-state index contributed by atoms with van der Waals surface area (Å²) in [4.78, 5) is 10.8. The number of carboxylic acids is 1. The molecule has 2 aromatic rings. The molecule has 22 heavy (non-hydrogen) atoms. The molecule has 0 aliphatic rings. The number of carboxylic acid groups (broad SMARTS) is 1. The molecule has 0 atom stereocenters. The van der Waals surface area contributed by atoms with Crippen molar-refractivity contribution in [2.75, 3.05) is 7.05 Å². The highest BCUT2D eigenvalue weighted by atomic mass is 32.2. The van der Waals surface area contributed by atoms with E-state index < -0.39 is 16.0 Å². The zero-order valence-electron chi connectivity index (χ0n) is 12.3.